The number of fused-ring (bicyclic) bond motifs is 2. The number of hydrogen-bond donors (Lipinski definition) is 2. The fraction of sp³-hybridized carbons (Fsp3) is 0.211. The van der Waals surface area contributed by atoms with Crippen LogP contribution in [-0.2, 0) is 6.42 Å². The van der Waals surface area contributed by atoms with E-state index in [0.29, 0.717) is 5.11 Å². The molecule has 0 unspecified atom stereocenters. The van der Waals surface area contributed by atoms with Gasteiger partial charge in [-0.15, -0.1) is 0 Å². The van der Waals surface area contributed by atoms with Crippen molar-refractivity contribution in [2.45, 2.75) is 18.9 Å². The van der Waals surface area contributed by atoms with Crippen LogP contribution in [0.5, 0.6) is 5.75 Å². The molecule has 0 bridgehead atoms. The first-order valence-electron chi connectivity index (χ1n) is 7.89. The minimum atomic E-state index is 0.112. The number of methoxy groups -OCH3 is 1. The number of rotatable bonds is 2. The van der Waals surface area contributed by atoms with Crippen LogP contribution in [0.3, 0.4) is 0 Å². The molecule has 1 aliphatic heterocycles. The van der Waals surface area contributed by atoms with E-state index in [9.17, 15) is 0 Å². The van der Waals surface area contributed by atoms with Gasteiger partial charge in [-0.2, -0.15) is 0 Å². The number of halogens is 1. The van der Waals surface area contributed by atoms with Crippen molar-refractivity contribution in [2.24, 2.45) is 0 Å². The molecule has 122 valence electrons. The van der Waals surface area contributed by atoms with Gasteiger partial charge < -0.3 is 15.4 Å². The number of aryl methyl sites for hydroxylation is 1. The molecule has 1 heterocycles. The van der Waals surface area contributed by atoms with E-state index in [1.165, 1.54) is 22.3 Å². The highest BCUT2D eigenvalue weighted by molar-refractivity contribution is 9.10. The van der Waals surface area contributed by atoms with Gasteiger partial charge in [0.15, 0.2) is 5.11 Å². The SMILES string of the molecule is COc1ccc2c(c1)C1=C(CC2)[C@H](c2ccc(Br)cc2)NC(=S)N1. The molecule has 5 heteroatoms. The number of thiocarbonyl (C=S) groups is 1. The second-order valence-corrected chi connectivity index (χ2v) is 7.33. The second-order valence-electron chi connectivity index (χ2n) is 6.01. The normalized spacial score (nSPS) is 19.1. The zero-order chi connectivity index (χ0) is 16.7. The summed E-state index contributed by atoms with van der Waals surface area (Å²) in [5.41, 5.74) is 6.24. The van der Waals surface area contributed by atoms with Crippen LogP contribution >= 0.6 is 28.1 Å². The van der Waals surface area contributed by atoms with E-state index >= 15 is 0 Å². The Labute approximate surface area is 155 Å². The quantitative estimate of drug-likeness (QED) is 0.734. The zero-order valence-corrected chi connectivity index (χ0v) is 15.6. The van der Waals surface area contributed by atoms with Gasteiger partial charge in [-0.3, -0.25) is 0 Å². The van der Waals surface area contributed by atoms with Crippen LogP contribution in [0, 0.1) is 0 Å². The maximum Gasteiger partial charge on any atom is 0.171 e. The maximum atomic E-state index is 5.47. The van der Waals surface area contributed by atoms with E-state index in [4.69, 9.17) is 17.0 Å². The van der Waals surface area contributed by atoms with Gasteiger partial charge in [-0.25, -0.2) is 0 Å². The predicted octanol–water partition coefficient (Wildman–Crippen LogP) is 4.33. The first-order valence-corrected chi connectivity index (χ1v) is 9.09. The number of benzene rings is 2. The molecule has 0 saturated carbocycles. The zero-order valence-electron chi connectivity index (χ0n) is 13.2. The van der Waals surface area contributed by atoms with Crippen LogP contribution in [0.15, 0.2) is 52.5 Å². The van der Waals surface area contributed by atoms with Gasteiger partial charge in [0.2, 0.25) is 0 Å². The van der Waals surface area contributed by atoms with Crippen molar-refractivity contribution in [2.75, 3.05) is 7.11 Å². The van der Waals surface area contributed by atoms with Crippen LogP contribution in [0.2, 0.25) is 0 Å². The summed E-state index contributed by atoms with van der Waals surface area (Å²) >= 11 is 8.97. The second kappa shape index (κ2) is 6.22. The Balaban J connectivity index is 1.83. The first-order chi connectivity index (χ1) is 11.7. The van der Waals surface area contributed by atoms with Crippen molar-refractivity contribution in [3.8, 4) is 5.75 Å². The molecule has 4 rings (SSSR count). The van der Waals surface area contributed by atoms with Gasteiger partial charge in [0.25, 0.3) is 0 Å². The highest BCUT2D eigenvalue weighted by Crippen LogP contribution is 2.40. The molecule has 0 aromatic heterocycles. The Morgan fingerprint density at radius 2 is 1.92 bits per heavy atom. The molecule has 2 aromatic carbocycles. The minimum Gasteiger partial charge on any atom is -0.497 e. The first kappa shape index (κ1) is 15.7. The molecule has 3 nitrogen and oxygen atoms in total. The van der Waals surface area contributed by atoms with E-state index in [1.807, 2.05) is 6.07 Å². The van der Waals surface area contributed by atoms with E-state index in [2.05, 4.69) is 63.0 Å². The topological polar surface area (TPSA) is 33.3 Å². The van der Waals surface area contributed by atoms with E-state index in [-0.39, 0.29) is 6.04 Å². The van der Waals surface area contributed by atoms with Crippen molar-refractivity contribution >= 4 is 39.0 Å². The van der Waals surface area contributed by atoms with Gasteiger partial charge in [0.1, 0.15) is 5.75 Å². The van der Waals surface area contributed by atoms with Crippen molar-refractivity contribution in [3.05, 3.63) is 69.2 Å². The Bertz CT molecular complexity index is 845. The Kier molecular flexibility index (Phi) is 4.06. The summed E-state index contributed by atoms with van der Waals surface area (Å²) < 4.78 is 6.49. The van der Waals surface area contributed by atoms with Crippen molar-refractivity contribution < 1.29 is 4.74 Å². The highest BCUT2D eigenvalue weighted by atomic mass is 79.9. The van der Waals surface area contributed by atoms with Crippen LogP contribution < -0.4 is 15.4 Å². The summed E-state index contributed by atoms with van der Waals surface area (Å²) in [4.78, 5) is 0. The fourth-order valence-electron chi connectivity index (χ4n) is 3.44. The molecule has 0 spiro atoms. The molecule has 1 aliphatic carbocycles. The molecule has 0 radical (unpaired) electrons. The number of hydrogen-bond acceptors (Lipinski definition) is 2. The maximum absolute atomic E-state index is 5.47. The Morgan fingerprint density at radius 1 is 1.12 bits per heavy atom. The fourth-order valence-corrected chi connectivity index (χ4v) is 3.93. The lowest BCUT2D eigenvalue weighted by Crippen LogP contribution is -2.44. The number of ether oxygens (including phenoxy) is 1. The van der Waals surface area contributed by atoms with Gasteiger partial charge >= 0.3 is 0 Å². The smallest absolute Gasteiger partial charge is 0.171 e. The van der Waals surface area contributed by atoms with Crippen molar-refractivity contribution in [1.82, 2.24) is 10.6 Å². The molecular weight excluding hydrogens is 384 g/mol. The lowest BCUT2D eigenvalue weighted by Gasteiger charge is -2.36. The van der Waals surface area contributed by atoms with Crippen molar-refractivity contribution in [1.29, 1.82) is 0 Å². The van der Waals surface area contributed by atoms with Crippen LogP contribution in [0.4, 0.5) is 0 Å². The van der Waals surface area contributed by atoms with Gasteiger partial charge in [-0.1, -0.05) is 34.1 Å². The summed E-state index contributed by atoms with van der Waals surface area (Å²) in [5, 5.41) is 7.46. The highest BCUT2D eigenvalue weighted by Gasteiger charge is 2.30. The molecule has 2 aliphatic rings. The molecule has 0 amide bonds. The molecule has 24 heavy (non-hydrogen) atoms. The van der Waals surface area contributed by atoms with Crippen LogP contribution in [0.1, 0.15) is 29.2 Å². The van der Waals surface area contributed by atoms with Gasteiger partial charge in [0, 0.05) is 15.7 Å². The molecule has 0 fully saturated rings. The summed E-state index contributed by atoms with van der Waals surface area (Å²) in [6.07, 6.45) is 2.04. The van der Waals surface area contributed by atoms with Gasteiger partial charge in [-0.05, 0) is 66.0 Å². The van der Waals surface area contributed by atoms with Crippen molar-refractivity contribution in [3.63, 3.8) is 0 Å². The lowest BCUT2D eigenvalue weighted by atomic mass is 9.83. The molecule has 2 aromatic rings. The largest absolute Gasteiger partial charge is 0.497 e. The van der Waals surface area contributed by atoms with Crippen LogP contribution in [-0.4, -0.2) is 12.2 Å². The lowest BCUT2D eigenvalue weighted by molar-refractivity contribution is 0.414. The van der Waals surface area contributed by atoms with E-state index in [0.717, 1.165) is 28.8 Å². The molecular formula is C19H17BrN2OS. The third-order valence-corrected chi connectivity index (χ3v) is 5.39. The van der Waals surface area contributed by atoms with E-state index < -0.39 is 0 Å². The average Bonchev–Trinajstić information content (AvgIpc) is 2.61. The number of nitrogens with one attached hydrogen (secondary N) is 2. The van der Waals surface area contributed by atoms with Crippen LogP contribution in [0.25, 0.3) is 5.70 Å². The Morgan fingerprint density at radius 3 is 2.67 bits per heavy atom. The monoisotopic (exact) mass is 400 g/mol. The van der Waals surface area contributed by atoms with Gasteiger partial charge in [0.05, 0.1) is 13.2 Å². The third-order valence-electron chi connectivity index (χ3n) is 4.64. The summed E-state index contributed by atoms with van der Waals surface area (Å²) in [5.74, 6) is 0.869. The summed E-state index contributed by atoms with van der Waals surface area (Å²) in [6, 6.07) is 14.8. The standard InChI is InChI=1S/C19H17BrN2OS/c1-23-14-8-4-11-5-9-15-17(12-2-6-13(20)7-3-12)21-19(24)22-18(15)16(11)10-14/h2-4,6-8,10,17H,5,9H2,1H3,(H2,21,22,24)/t17-/m0/s1. The Hall–Kier alpha value is -1.85. The molecule has 0 saturated heterocycles. The molecule has 2 N–H and O–H groups in total. The minimum absolute atomic E-state index is 0.112. The molecule has 1 atom stereocenters. The van der Waals surface area contributed by atoms with E-state index in [1.54, 1.807) is 7.11 Å². The predicted molar refractivity (Wildman–Crippen MR) is 104 cm³/mol. The third kappa shape index (κ3) is 2.72. The summed E-state index contributed by atoms with van der Waals surface area (Å²) in [7, 11) is 1.70. The average molecular weight is 401 g/mol. The summed E-state index contributed by atoms with van der Waals surface area (Å²) in [6.45, 7) is 0.